The molecule has 0 unspecified atom stereocenters. The molecule has 5 heteroatoms. The summed E-state index contributed by atoms with van der Waals surface area (Å²) < 4.78 is 26.7. The Morgan fingerprint density at radius 3 is 2.89 bits per heavy atom. The predicted octanol–water partition coefficient (Wildman–Crippen LogP) is 1.74. The fraction of sp³-hybridized carbons (Fsp3) is 0.250. The van der Waals surface area contributed by atoms with Gasteiger partial charge in [-0.05, 0) is 0 Å². The van der Waals surface area contributed by atoms with Crippen LogP contribution in [0.1, 0.15) is 0 Å². The summed E-state index contributed by atoms with van der Waals surface area (Å²) in [4.78, 5) is 3.54. The molecule has 1 aromatic rings. The molecule has 0 aliphatic rings. The van der Waals surface area contributed by atoms with E-state index < -0.39 is 6.61 Å². The first-order chi connectivity index (χ1) is 4.29. The molecule has 0 aromatic carbocycles. The third kappa shape index (κ3) is 1.93. The lowest BCUT2D eigenvalue weighted by atomic mass is 10.9. The molecule has 0 fully saturated rings. The van der Waals surface area contributed by atoms with Crippen molar-refractivity contribution < 1.29 is 13.5 Å². The monoisotopic (exact) mass is 151 g/mol. The molecule has 1 rings (SSSR count). The van der Waals surface area contributed by atoms with E-state index >= 15 is 0 Å². The highest BCUT2D eigenvalue weighted by atomic mass is 32.1. The third-order valence-electron chi connectivity index (χ3n) is 0.615. The zero-order chi connectivity index (χ0) is 6.69. The molecule has 1 aromatic heterocycles. The molecular formula is C4H3F2NOS. The van der Waals surface area contributed by atoms with Gasteiger partial charge < -0.3 is 4.74 Å². The molecule has 0 amide bonds. The first-order valence-corrected chi connectivity index (χ1v) is 3.00. The second-order valence-electron chi connectivity index (χ2n) is 1.20. The number of thiazole rings is 1. The van der Waals surface area contributed by atoms with Crippen LogP contribution in [0.25, 0.3) is 0 Å². The largest absolute Gasteiger partial charge is 0.423 e. The van der Waals surface area contributed by atoms with E-state index in [0.29, 0.717) is 0 Å². The first-order valence-electron chi connectivity index (χ1n) is 2.12. The minimum atomic E-state index is -2.74. The molecule has 2 nitrogen and oxygen atoms in total. The van der Waals surface area contributed by atoms with Crippen molar-refractivity contribution in [2.75, 3.05) is 0 Å². The first kappa shape index (κ1) is 6.41. The highest BCUT2D eigenvalue weighted by molar-refractivity contribution is 7.11. The van der Waals surface area contributed by atoms with Gasteiger partial charge in [-0.15, -0.1) is 0 Å². The molecule has 9 heavy (non-hydrogen) atoms. The minimum absolute atomic E-state index is 0.144. The SMILES string of the molecule is FC(F)Oc1cncs1. The quantitative estimate of drug-likeness (QED) is 0.642. The Morgan fingerprint density at radius 1 is 1.67 bits per heavy atom. The molecule has 0 N–H and O–H groups in total. The highest BCUT2D eigenvalue weighted by Gasteiger charge is 2.03. The molecule has 0 radical (unpaired) electrons. The van der Waals surface area contributed by atoms with Gasteiger partial charge in [0, 0.05) is 0 Å². The number of alkyl halides is 2. The molecule has 0 saturated heterocycles. The highest BCUT2D eigenvalue weighted by Crippen LogP contribution is 2.17. The lowest BCUT2D eigenvalue weighted by Crippen LogP contribution is -1.99. The molecule has 0 aliphatic carbocycles. The topological polar surface area (TPSA) is 22.1 Å². The van der Waals surface area contributed by atoms with Gasteiger partial charge in [-0.2, -0.15) is 8.78 Å². The van der Waals surface area contributed by atoms with Crippen molar-refractivity contribution >= 4 is 11.3 Å². The molecule has 1 heterocycles. The van der Waals surface area contributed by atoms with Gasteiger partial charge >= 0.3 is 6.61 Å². The molecule has 0 saturated carbocycles. The summed E-state index contributed by atoms with van der Waals surface area (Å²) in [5, 5.41) is 0.144. The number of nitrogens with zero attached hydrogens (tertiary/aromatic N) is 1. The van der Waals surface area contributed by atoms with E-state index in [4.69, 9.17) is 0 Å². The molecule has 0 aliphatic heterocycles. The van der Waals surface area contributed by atoms with Crippen molar-refractivity contribution in [3.05, 3.63) is 11.7 Å². The van der Waals surface area contributed by atoms with E-state index in [-0.39, 0.29) is 5.06 Å². The Labute approximate surface area is 54.1 Å². The number of aromatic nitrogens is 1. The van der Waals surface area contributed by atoms with Gasteiger partial charge in [-0.1, -0.05) is 11.3 Å². The van der Waals surface area contributed by atoms with Crippen molar-refractivity contribution in [2.24, 2.45) is 0 Å². The normalized spacial score (nSPS) is 10.1. The summed E-state index contributed by atoms with van der Waals surface area (Å²) >= 11 is 1.04. The molecule has 50 valence electrons. The van der Waals surface area contributed by atoms with Crippen LogP contribution in [0.4, 0.5) is 8.78 Å². The van der Waals surface area contributed by atoms with Crippen LogP contribution in [-0.4, -0.2) is 11.6 Å². The fourth-order valence-electron chi connectivity index (χ4n) is 0.350. The second kappa shape index (κ2) is 2.72. The maximum Gasteiger partial charge on any atom is 0.388 e. The average Bonchev–Trinajstić information content (AvgIpc) is 2.15. The van der Waals surface area contributed by atoms with Gasteiger partial charge in [-0.3, -0.25) is 0 Å². The standard InChI is InChI=1S/C4H3F2NOS/c5-4(6)8-3-1-7-2-9-3/h1-2,4H. The van der Waals surface area contributed by atoms with Crippen molar-refractivity contribution in [3.63, 3.8) is 0 Å². The summed E-state index contributed by atoms with van der Waals surface area (Å²) in [6.45, 7) is -2.74. The maximum absolute atomic E-state index is 11.4. The Hall–Kier alpha value is -0.710. The van der Waals surface area contributed by atoms with Crippen molar-refractivity contribution in [1.82, 2.24) is 4.98 Å². The van der Waals surface area contributed by atoms with Crippen LogP contribution in [0.2, 0.25) is 0 Å². The van der Waals surface area contributed by atoms with Crippen LogP contribution >= 0.6 is 11.3 Å². The van der Waals surface area contributed by atoms with Gasteiger partial charge in [0.25, 0.3) is 0 Å². The summed E-state index contributed by atoms with van der Waals surface area (Å²) in [7, 11) is 0. The van der Waals surface area contributed by atoms with Gasteiger partial charge in [-0.25, -0.2) is 4.98 Å². The van der Waals surface area contributed by atoms with Gasteiger partial charge in [0.15, 0.2) is 5.06 Å². The van der Waals surface area contributed by atoms with Crippen molar-refractivity contribution in [1.29, 1.82) is 0 Å². The average molecular weight is 151 g/mol. The van der Waals surface area contributed by atoms with Crippen molar-refractivity contribution in [2.45, 2.75) is 6.61 Å². The summed E-state index contributed by atoms with van der Waals surface area (Å²) in [5.41, 5.74) is 1.43. The number of ether oxygens (including phenoxy) is 1. The zero-order valence-electron chi connectivity index (χ0n) is 4.25. The molecular weight excluding hydrogens is 148 g/mol. The van der Waals surface area contributed by atoms with Crippen LogP contribution in [0, 0.1) is 0 Å². The molecule has 0 spiro atoms. The van der Waals surface area contributed by atoms with E-state index in [2.05, 4.69) is 9.72 Å². The number of halogens is 2. The Bertz CT molecular complexity index is 165. The van der Waals surface area contributed by atoms with E-state index in [1.54, 1.807) is 0 Å². The van der Waals surface area contributed by atoms with E-state index in [0.717, 1.165) is 11.3 Å². The van der Waals surface area contributed by atoms with Crippen LogP contribution in [-0.2, 0) is 0 Å². The Balaban J connectivity index is 2.48. The molecule has 0 atom stereocenters. The Morgan fingerprint density at radius 2 is 2.44 bits per heavy atom. The van der Waals surface area contributed by atoms with Crippen LogP contribution in [0.3, 0.4) is 0 Å². The van der Waals surface area contributed by atoms with E-state index in [1.807, 2.05) is 0 Å². The van der Waals surface area contributed by atoms with Gasteiger partial charge in [0.1, 0.15) is 0 Å². The third-order valence-corrected chi connectivity index (χ3v) is 1.28. The minimum Gasteiger partial charge on any atom is -0.423 e. The Kier molecular flexibility index (Phi) is 1.94. The van der Waals surface area contributed by atoms with Crippen LogP contribution in [0.15, 0.2) is 11.7 Å². The van der Waals surface area contributed by atoms with Crippen molar-refractivity contribution in [3.8, 4) is 5.06 Å². The number of rotatable bonds is 2. The van der Waals surface area contributed by atoms with Gasteiger partial charge in [0.05, 0.1) is 11.7 Å². The lowest BCUT2D eigenvalue weighted by Gasteiger charge is -1.96. The summed E-state index contributed by atoms with van der Waals surface area (Å²) in [5.74, 6) is 0. The summed E-state index contributed by atoms with van der Waals surface area (Å²) in [6, 6.07) is 0. The zero-order valence-corrected chi connectivity index (χ0v) is 5.07. The predicted molar refractivity (Wildman–Crippen MR) is 28.7 cm³/mol. The number of hydrogen-bond acceptors (Lipinski definition) is 3. The van der Waals surface area contributed by atoms with Crippen LogP contribution in [0.5, 0.6) is 5.06 Å². The van der Waals surface area contributed by atoms with Crippen LogP contribution < -0.4 is 4.74 Å². The lowest BCUT2D eigenvalue weighted by molar-refractivity contribution is -0.0473. The smallest absolute Gasteiger partial charge is 0.388 e. The second-order valence-corrected chi connectivity index (χ2v) is 2.05. The van der Waals surface area contributed by atoms with E-state index in [9.17, 15) is 8.78 Å². The fourth-order valence-corrected chi connectivity index (χ4v) is 0.826. The maximum atomic E-state index is 11.4. The van der Waals surface area contributed by atoms with E-state index in [1.165, 1.54) is 11.7 Å². The summed E-state index contributed by atoms with van der Waals surface area (Å²) in [6.07, 6.45) is 1.25. The molecule has 0 bridgehead atoms. The van der Waals surface area contributed by atoms with Gasteiger partial charge in [0.2, 0.25) is 0 Å². The number of hydrogen-bond donors (Lipinski definition) is 0.